The summed E-state index contributed by atoms with van der Waals surface area (Å²) >= 11 is 0. The molecule has 2 rings (SSSR count). The van der Waals surface area contributed by atoms with Crippen LogP contribution in [0.25, 0.3) is 0 Å². The van der Waals surface area contributed by atoms with Gasteiger partial charge in [0.15, 0.2) is 0 Å². The third-order valence-corrected chi connectivity index (χ3v) is 4.98. The van der Waals surface area contributed by atoms with E-state index in [-0.39, 0.29) is 11.4 Å². The predicted octanol–water partition coefficient (Wildman–Crippen LogP) is 1.59. The number of carbonyl (C=O) groups excluding carboxylic acids is 1. The minimum atomic E-state index is -0.227. The fourth-order valence-corrected chi connectivity index (χ4v) is 3.44. The lowest BCUT2D eigenvalue weighted by molar-refractivity contribution is -0.134. The number of hydrogen-bond acceptors (Lipinski definition) is 3. The van der Waals surface area contributed by atoms with Gasteiger partial charge in [0.1, 0.15) is 0 Å². The first-order chi connectivity index (χ1) is 9.00. The summed E-state index contributed by atoms with van der Waals surface area (Å²) in [6, 6.07) is 0.413. The highest BCUT2D eigenvalue weighted by atomic mass is 16.2. The van der Waals surface area contributed by atoms with Crippen LogP contribution in [0.15, 0.2) is 0 Å². The fraction of sp³-hybridized carbons (Fsp3) is 0.933. The number of hydrogen-bond donors (Lipinski definition) is 1. The minimum Gasteiger partial charge on any atom is -0.343 e. The zero-order chi connectivity index (χ0) is 13.9. The molecule has 0 spiro atoms. The maximum Gasteiger partial charge on any atom is 0.224 e. The number of carbonyl (C=O) groups is 1. The maximum absolute atomic E-state index is 12.4. The Bertz CT molecular complexity index is 305. The van der Waals surface area contributed by atoms with E-state index in [9.17, 15) is 4.79 Å². The number of rotatable bonds is 3. The lowest BCUT2D eigenvalue weighted by Gasteiger charge is -2.38. The Morgan fingerprint density at radius 1 is 1.26 bits per heavy atom. The SMILES string of the molecule is CN1CCC(N(C)C(=O)CC2(N)CCCCC2)CC1. The molecule has 0 aromatic rings. The van der Waals surface area contributed by atoms with E-state index < -0.39 is 0 Å². The standard InChI is InChI=1S/C15H29N3O/c1-17-10-6-13(7-11-17)18(2)14(19)12-15(16)8-4-3-5-9-15/h13H,3-12,16H2,1-2H3. The number of amides is 1. The Balaban J connectivity index is 1.84. The summed E-state index contributed by atoms with van der Waals surface area (Å²) < 4.78 is 0. The van der Waals surface area contributed by atoms with Crippen molar-refractivity contribution in [2.75, 3.05) is 27.2 Å². The van der Waals surface area contributed by atoms with Crippen molar-refractivity contribution < 1.29 is 4.79 Å². The van der Waals surface area contributed by atoms with Crippen LogP contribution in [0, 0.1) is 0 Å². The van der Waals surface area contributed by atoms with Crippen molar-refractivity contribution in [2.45, 2.75) is 62.9 Å². The molecule has 0 aromatic heterocycles. The van der Waals surface area contributed by atoms with Gasteiger partial charge in [-0.1, -0.05) is 19.3 Å². The Hall–Kier alpha value is -0.610. The molecule has 0 aromatic carbocycles. The number of nitrogens with two attached hydrogens (primary N) is 1. The average Bonchev–Trinajstić information content (AvgIpc) is 2.39. The molecule has 2 fully saturated rings. The lowest BCUT2D eigenvalue weighted by atomic mass is 9.80. The molecule has 0 radical (unpaired) electrons. The van der Waals surface area contributed by atoms with Crippen LogP contribution in [-0.4, -0.2) is 54.5 Å². The van der Waals surface area contributed by atoms with Gasteiger partial charge in [0, 0.05) is 25.0 Å². The van der Waals surface area contributed by atoms with Gasteiger partial charge in [0.2, 0.25) is 5.91 Å². The van der Waals surface area contributed by atoms with Gasteiger partial charge < -0.3 is 15.5 Å². The molecule has 1 saturated carbocycles. The Morgan fingerprint density at radius 3 is 2.42 bits per heavy atom. The summed E-state index contributed by atoms with van der Waals surface area (Å²) in [5, 5.41) is 0. The van der Waals surface area contributed by atoms with E-state index in [2.05, 4.69) is 11.9 Å². The van der Waals surface area contributed by atoms with Gasteiger partial charge in [0.25, 0.3) is 0 Å². The zero-order valence-electron chi connectivity index (χ0n) is 12.5. The molecule has 0 unspecified atom stereocenters. The molecule has 110 valence electrons. The van der Waals surface area contributed by atoms with Crippen LogP contribution in [0.4, 0.5) is 0 Å². The lowest BCUT2D eigenvalue weighted by Crippen LogP contribution is -2.50. The molecule has 1 saturated heterocycles. The first-order valence-electron chi connectivity index (χ1n) is 7.73. The summed E-state index contributed by atoms with van der Waals surface area (Å²) in [5.74, 6) is 0.249. The molecule has 1 heterocycles. The Morgan fingerprint density at radius 2 is 1.84 bits per heavy atom. The summed E-state index contributed by atoms with van der Waals surface area (Å²) in [6.45, 7) is 2.19. The van der Waals surface area contributed by atoms with E-state index in [1.54, 1.807) is 0 Å². The molecule has 19 heavy (non-hydrogen) atoms. The second kappa shape index (κ2) is 6.23. The van der Waals surface area contributed by atoms with Crippen LogP contribution in [0.1, 0.15) is 51.4 Å². The number of piperidine rings is 1. The highest BCUT2D eigenvalue weighted by Gasteiger charge is 2.33. The van der Waals surface area contributed by atoms with E-state index in [0.717, 1.165) is 38.8 Å². The second-order valence-corrected chi connectivity index (χ2v) is 6.64. The minimum absolute atomic E-state index is 0.227. The summed E-state index contributed by atoms with van der Waals surface area (Å²) in [4.78, 5) is 16.7. The molecule has 4 nitrogen and oxygen atoms in total. The van der Waals surface area contributed by atoms with Gasteiger partial charge >= 0.3 is 0 Å². The van der Waals surface area contributed by atoms with Gasteiger partial charge in [-0.2, -0.15) is 0 Å². The summed E-state index contributed by atoms with van der Waals surface area (Å²) in [7, 11) is 4.11. The third-order valence-electron chi connectivity index (χ3n) is 4.98. The molecule has 1 amide bonds. The van der Waals surface area contributed by atoms with Gasteiger partial charge in [-0.15, -0.1) is 0 Å². The van der Waals surface area contributed by atoms with Crippen LogP contribution in [0.2, 0.25) is 0 Å². The van der Waals surface area contributed by atoms with E-state index >= 15 is 0 Å². The maximum atomic E-state index is 12.4. The number of nitrogens with zero attached hydrogens (tertiary/aromatic N) is 2. The van der Waals surface area contributed by atoms with Crippen molar-refractivity contribution in [2.24, 2.45) is 5.73 Å². The molecule has 1 aliphatic carbocycles. The van der Waals surface area contributed by atoms with Crippen LogP contribution in [-0.2, 0) is 4.79 Å². The van der Waals surface area contributed by atoms with Crippen molar-refractivity contribution in [1.82, 2.24) is 9.80 Å². The molecular formula is C15H29N3O. The van der Waals surface area contributed by atoms with Crippen molar-refractivity contribution >= 4 is 5.91 Å². The molecule has 0 atom stereocenters. The average molecular weight is 267 g/mol. The van der Waals surface area contributed by atoms with Crippen molar-refractivity contribution in [3.63, 3.8) is 0 Å². The summed E-state index contributed by atoms with van der Waals surface area (Å²) in [6.07, 6.45) is 8.39. The van der Waals surface area contributed by atoms with Gasteiger partial charge in [-0.05, 0) is 45.8 Å². The predicted molar refractivity (Wildman–Crippen MR) is 77.9 cm³/mol. The smallest absolute Gasteiger partial charge is 0.224 e. The van der Waals surface area contributed by atoms with Crippen molar-refractivity contribution in [3.05, 3.63) is 0 Å². The topological polar surface area (TPSA) is 49.6 Å². The van der Waals surface area contributed by atoms with E-state index in [4.69, 9.17) is 5.73 Å². The number of likely N-dealkylation sites (tertiary alicyclic amines) is 1. The summed E-state index contributed by atoms with van der Waals surface area (Å²) in [5.41, 5.74) is 6.17. The fourth-order valence-electron chi connectivity index (χ4n) is 3.44. The van der Waals surface area contributed by atoms with Gasteiger partial charge in [0.05, 0.1) is 0 Å². The van der Waals surface area contributed by atoms with E-state index in [1.807, 2.05) is 11.9 Å². The first-order valence-corrected chi connectivity index (χ1v) is 7.73. The normalized spacial score (nSPS) is 25.2. The molecular weight excluding hydrogens is 238 g/mol. The van der Waals surface area contributed by atoms with Crippen LogP contribution >= 0.6 is 0 Å². The van der Waals surface area contributed by atoms with Crippen LogP contribution in [0.5, 0.6) is 0 Å². The molecule has 0 bridgehead atoms. The Kier molecular flexibility index (Phi) is 4.85. The Labute approximate surface area is 117 Å². The van der Waals surface area contributed by atoms with Gasteiger partial charge in [-0.25, -0.2) is 0 Å². The first kappa shape index (κ1) is 14.8. The second-order valence-electron chi connectivity index (χ2n) is 6.64. The largest absolute Gasteiger partial charge is 0.343 e. The molecule has 1 aliphatic heterocycles. The highest BCUT2D eigenvalue weighted by molar-refractivity contribution is 5.77. The highest BCUT2D eigenvalue weighted by Crippen LogP contribution is 2.29. The molecule has 2 N–H and O–H groups in total. The van der Waals surface area contributed by atoms with Crippen molar-refractivity contribution in [3.8, 4) is 0 Å². The molecule has 2 aliphatic rings. The van der Waals surface area contributed by atoms with E-state index in [0.29, 0.717) is 12.5 Å². The quantitative estimate of drug-likeness (QED) is 0.845. The van der Waals surface area contributed by atoms with Crippen LogP contribution < -0.4 is 5.73 Å². The monoisotopic (exact) mass is 267 g/mol. The molecule has 4 heteroatoms. The van der Waals surface area contributed by atoms with Crippen LogP contribution in [0.3, 0.4) is 0 Å². The zero-order valence-corrected chi connectivity index (χ0v) is 12.5. The van der Waals surface area contributed by atoms with Gasteiger partial charge in [-0.3, -0.25) is 4.79 Å². The third kappa shape index (κ3) is 3.93. The van der Waals surface area contributed by atoms with Crippen molar-refractivity contribution in [1.29, 1.82) is 0 Å². The van der Waals surface area contributed by atoms with E-state index in [1.165, 1.54) is 19.3 Å².